The van der Waals surface area contributed by atoms with Crippen molar-refractivity contribution in [3.05, 3.63) is 29.3 Å². The van der Waals surface area contributed by atoms with E-state index < -0.39 is 12.2 Å². The second-order valence-corrected chi connectivity index (χ2v) is 5.27. The third-order valence-electron chi connectivity index (χ3n) is 2.78. The summed E-state index contributed by atoms with van der Waals surface area (Å²) in [5.74, 6) is 0.190. The molecule has 0 heterocycles. The fourth-order valence-corrected chi connectivity index (χ4v) is 1.69. The van der Waals surface area contributed by atoms with Crippen LogP contribution in [0.2, 0.25) is 0 Å². The highest BCUT2D eigenvalue weighted by Crippen LogP contribution is 2.33. The van der Waals surface area contributed by atoms with Crippen LogP contribution in [0.5, 0.6) is 5.75 Å². The molecule has 0 amide bonds. The van der Waals surface area contributed by atoms with Crippen molar-refractivity contribution in [3.8, 4) is 5.75 Å². The van der Waals surface area contributed by atoms with Gasteiger partial charge in [0.15, 0.2) is 0 Å². The predicted molar refractivity (Wildman–Crippen MR) is 66.8 cm³/mol. The molecule has 17 heavy (non-hydrogen) atoms. The summed E-state index contributed by atoms with van der Waals surface area (Å²) in [7, 11) is 0. The van der Waals surface area contributed by atoms with Crippen molar-refractivity contribution in [1.82, 2.24) is 0 Å². The number of aromatic hydroxyl groups is 1. The second kappa shape index (κ2) is 5.04. The van der Waals surface area contributed by atoms with E-state index in [1.807, 2.05) is 20.8 Å². The van der Waals surface area contributed by atoms with E-state index in [0.29, 0.717) is 5.56 Å². The van der Waals surface area contributed by atoms with E-state index in [-0.39, 0.29) is 17.7 Å². The first-order valence-electron chi connectivity index (χ1n) is 5.67. The summed E-state index contributed by atoms with van der Waals surface area (Å²) >= 11 is 0. The first-order chi connectivity index (χ1) is 7.77. The second-order valence-electron chi connectivity index (χ2n) is 5.27. The highest BCUT2D eigenvalue weighted by Gasteiger charge is 2.22. The van der Waals surface area contributed by atoms with Gasteiger partial charge in [-0.2, -0.15) is 0 Å². The summed E-state index contributed by atoms with van der Waals surface area (Å²) < 4.78 is 0. The molecule has 0 saturated carbocycles. The van der Waals surface area contributed by atoms with Crippen molar-refractivity contribution in [2.45, 2.75) is 38.4 Å². The van der Waals surface area contributed by atoms with E-state index in [2.05, 4.69) is 0 Å². The Morgan fingerprint density at radius 3 is 2.29 bits per heavy atom. The molecule has 0 fully saturated rings. The molecule has 0 saturated heterocycles. The Morgan fingerprint density at radius 1 is 1.24 bits per heavy atom. The zero-order chi connectivity index (χ0) is 13.2. The quantitative estimate of drug-likeness (QED) is 0.635. The lowest BCUT2D eigenvalue weighted by Gasteiger charge is -2.23. The lowest BCUT2D eigenvalue weighted by molar-refractivity contribution is 0.0242. The highest BCUT2D eigenvalue weighted by atomic mass is 16.3. The lowest BCUT2D eigenvalue weighted by Crippen LogP contribution is -2.27. The summed E-state index contributed by atoms with van der Waals surface area (Å²) in [6.45, 7) is 5.90. The molecule has 0 bridgehead atoms. The summed E-state index contributed by atoms with van der Waals surface area (Å²) in [5, 5.41) is 29.1. The highest BCUT2D eigenvalue weighted by molar-refractivity contribution is 5.41. The van der Waals surface area contributed by atoms with Gasteiger partial charge < -0.3 is 21.1 Å². The van der Waals surface area contributed by atoms with Crippen LogP contribution in [-0.2, 0) is 5.41 Å². The number of hydrogen-bond donors (Lipinski definition) is 4. The minimum Gasteiger partial charge on any atom is -0.508 e. The summed E-state index contributed by atoms with van der Waals surface area (Å²) in [6, 6.07) is 4.83. The van der Waals surface area contributed by atoms with Crippen LogP contribution in [0.25, 0.3) is 0 Å². The van der Waals surface area contributed by atoms with Crippen LogP contribution in [0.15, 0.2) is 18.2 Å². The van der Waals surface area contributed by atoms with Crippen LogP contribution >= 0.6 is 0 Å². The molecule has 0 spiro atoms. The largest absolute Gasteiger partial charge is 0.508 e. The molecule has 96 valence electrons. The van der Waals surface area contributed by atoms with E-state index in [1.165, 1.54) is 6.07 Å². The third-order valence-corrected chi connectivity index (χ3v) is 2.78. The molecule has 5 N–H and O–H groups in total. The molecular formula is C13H21NO3. The molecule has 0 aliphatic heterocycles. The Balaban J connectivity index is 3.13. The minimum atomic E-state index is -1.03. The average Bonchev–Trinajstić information content (AvgIpc) is 2.26. The number of aliphatic hydroxyl groups is 2. The van der Waals surface area contributed by atoms with Gasteiger partial charge in [0.05, 0.1) is 6.10 Å². The number of hydrogen-bond acceptors (Lipinski definition) is 4. The topological polar surface area (TPSA) is 86.7 Å². The molecule has 1 aromatic carbocycles. The Labute approximate surface area is 102 Å². The fourth-order valence-electron chi connectivity index (χ4n) is 1.69. The molecular weight excluding hydrogens is 218 g/mol. The monoisotopic (exact) mass is 239 g/mol. The van der Waals surface area contributed by atoms with Gasteiger partial charge in [-0.15, -0.1) is 0 Å². The van der Waals surface area contributed by atoms with Gasteiger partial charge in [-0.3, -0.25) is 0 Å². The Morgan fingerprint density at radius 2 is 1.82 bits per heavy atom. The zero-order valence-electron chi connectivity index (χ0n) is 10.5. The van der Waals surface area contributed by atoms with Crippen LogP contribution in [-0.4, -0.2) is 28.0 Å². The van der Waals surface area contributed by atoms with Gasteiger partial charge in [0.2, 0.25) is 0 Å². The molecule has 2 atom stereocenters. The van der Waals surface area contributed by atoms with Gasteiger partial charge >= 0.3 is 0 Å². The SMILES string of the molecule is CC(C)(C)c1cc(C(O)C(O)CN)ccc1O. The molecule has 0 aromatic heterocycles. The lowest BCUT2D eigenvalue weighted by atomic mass is 9.84. The Bertz CT molecular complexity index is 385. The number of phenols is 1. The van der Waals surface area contributed by atoms with Crippen LogP contribution in [0.3, 0.4) is 0 Å². The smallest absolute Gasteiger partial charge is 0.119 e. The van der Waals surface area contributed by atoms with Gasteiger partial charge in [-0.05, 0) is 28.7 Å². The van der Waals surface area contributed by atoms with Gasteiger partial charge in [-0.25, -0.2) is 0 Å². The van der Waals surface area contributed by atoms with Crippen LogP contribution in [0, 0.1) is 0 Å². The third kappa shape index (κ3) is 3.19. The van der Waals surface area contributed by atoms with Crippen molar-refractivity contribution in [1.29, 1.82) is 0 Å². The van der Waals surface area contributed by atoms with E-state index in [9.17, 15) is 15.3 Å². The van der Waals surface area contributed by atoms with Crippen molar-refractivity contribution >= 4 is 0 Å². The summed E-state index contributed by atoms with van der Waals surface area (Å²) in [6.07, 6.45) is -2.02. The number of benzene rings is 1. The first-order valence-corrected chi connectivity index (χ1v) is 5.67. The fraction of sp³-hybridized carbons (Fsp3) is 0.538. The first kappa shape index (κ1) is 14.0. The van der Waals surface area contributed by atoms with Gasteiger partial charge in [0, 0.05) is 6.54 Å². The van der Waals surface area contributed by atoms with E-state index in [1.54, 1.807) is 12.1 Å². The van der Waals surface area contributed by atoms with Gasteiger partial charge in [0.25, 0.3) is 0 Å². The van der Waals surface area contributed by atoms with E-state index in [0.717, 1.165) is 5.56 Å². The van der Waals surface area contributed by atoms with Crippen molar-refractivity contribution in [3.63, 3.8) is 0 Å². The maximum absolute atomic E-state index is 9.86. The van der Waals surface area contributed by atoms with Crippen molar-refractivity contribution < 1.29 is 15.3 Å². The molecule has 0 aliphatic carbocycles. The predicted octanol–water partition coefficient (Wildman–Crippen LogP) is 1.04. The Kier molecular flexibility index (Phi) is 4.14. The Hall–Kier alpha value is -1.10. The normalized spacial score (nSPS) is 15.6. The van der Waals surface area contributed by atoms with Crippen LogP contribution < -0.4 is 5.73 Å². The number of phenolic OH excluding ortho intramolecular Hbond substituents is 1. The van der Waals surface area contributed by atoms with Crippen LogP contribution in [0.4, 0.5) is 0 Å². The summed E-state index contributed by atoms with van der Waals surface area (Å²) in [5.41, 5.74) is 6.37. The number of rotatable bonds is 3. The summed E-state index contributed by atoms with van der Waals surface area (Å²) in [4.78, 5) is 0. The minimum absolute atomic E-state index is 0.00705. The average molecular weight is 239 g/mol. The maximum Gasteiger partial charge on any atom is 0.119 e. The standard InChI is InChI=1S/C13H21NO3/c1-13(2,3)9-6-8(4-5-10(9)15)12(17)11(16)7-14/h4-6,11-12,15-17H,7,14H2,1-3H3. The maximum atomic E-state index is 9.86. The van der Waals surface area contributed by atoms with Crippen molar-refractivity contribution in [2.24, 2.45) is 5.73 Å². The molecule has 4 heteroatoms. The number of aliphatic hydroxyl groups excluding tert-OH is 2. The van der Waals surface area contributed by atoms with Crippen LogP contribution in [0.1, 0.15) is 38.0 Å². The van der Waals surface area contributed by atoms with Crippen molar-refractivity contribution in [2.75, 3.05) is 6.54 Å². The molecule has 1 rings (SSSR count). The molecule has 0 radical (unpaired) electrons. The molecule has 4 nitrogen and oxygen atoms in total. The zero-order valence-corrected chi connectivity index (χ0v) is 10.5. The molecule has 2 unspecified atom stereocenters. The van der Waals surface area contributed by atoms with Gasteiger partial charge in [-0.1, -0.05) is 26.8 Å². The van der Waals surface area contributed by atoms with E-state index in [4.69, 9.17) is 5.73 Å². The van der Waals surface area contributed by atoms with Gasteiger partial charge in [0.1, 0.15) is 11.9 Å². The number of nitrogens with two attached hydrogens (primary N) is 1. The molecule has 1 aromatic rings. The van der Waals surface area contributed by atoms with E-state index >= 15 is 0 Å². The molecule has 0 aliphatic rings.